The minimum atomic E-state index is -0.446. The zero-order valence-corrected chi connectivity index (χ0v) is 10.8. The summed E-state index contributed by atoms with van der Waals surface area (Å²) in [7, 11) is 0. The number of aliphatic hydroxyl groups excluding tert-OH is 1. The quantitative estimate of drug-likeness (QED) is 0.787. The van der Waals surface area contributed by atoms with Gasteiger partial charge in [-0.15, -0.1) is 11.3 Å². The van der Waals surface area contributed by atoms with Gasteiger partial charge in [-0.1, -0.05) is 18.2 Å². The van der Waals surface area contributed by atoms with E-state index in [2.05, 4.69) is 5.32 Å². The van der Waals surface area contributed by atoms with E-state index in [1.165, 1.54) is 12.1 Å². The van der Waals surface area contributed by atoms with Crippen LogP contribution in [0.2, 0.25) is 0 Å². The Morgan fingerprint density at radius 3 is 2.67 bits per heavy atom. The summed E-state index contributed by atoms with van der Waals surface area (Å²) in [5.74, 6) is -0.208. The molecule has 0 bridgehead atoms. The fourth-order valence-electron chi connectivity index (χ4n) is 1.70. The largest absolute Gasteiger partial charge is 0.386 e. The van der Waals surface area contributed by atoms with Crippen molar-refractivity contribution in [1.29, 1.82) is 0 Å². The fraction of sp³-hybridized carbons (Fsp3) is 0.286. The Labute approximate surface area is 110 Å². The average molecular weight is 265 g/mol. The van der Waals surface area contributed by atoms with Crippen molar-refractivity contribution in [1.82, 2.24) is 5.32 Å². The minimum Gasteiger partial charge on any atom is -0.386 e. The van der Waals surface area contributed by atoms with E-state index in [0.29, 0.717) is 6.54 Å². The standard InChI is InChI=1S/C14H16FNOS/c15-12-5-3-11(4-6-12)7-8-16-10-13(17)14-2-1-9-18-14/h1-6,9,13,16-17H,7-8,10H2. The summed E-state index contributed by atoms with van der Waals surface area (Å²) in [6, 6.07) is 10.4. The molecule has 1 atom stereocenters. The predicted molar refractivity (Wildman–Crippen MR) is 72.3 cm³/mol. The number of nitrogens with one attached hydrogen (secondary N) is 1. The molecule has 1 aromatic carbocycles. The lowest BCUT2D eigenvalue weighted by atomic mass is 10.1. The number of hydrogen-bond donors (Lipinski definition) is 2. The molecule has 4 heteroatoms. The summed E-state index contributed by atoms with van der Waals surface area (Å²) >= 11 is 1.56. The highest BCUT2D eigenvalue weighted by atomic mass is 32.1. The van der Waals surface area contributed by atoms with Crippen molar-refractivity contribution in [2.45, 2.75) is 12.5 Å². The Hall–Kier alpha value is -1.23. The van der Waals surface area contributed by atoms with Gasteiger partial charge in [-0.05, 0) is 42.1 Å². The van der Waals surface area contributed by atoms with Crippen LogP contribution in [-0.2, 0) is 6.42 Å². The molecule has 0 radical (unpaired) electrons. The van der Waals surface area contributed by atoms with E-state index in [1.807, 2.05) is 17.5 Å². The van der Waals surface area contributed by atoms with Gasteiger partial charge in [0.2, 0.25) is 0 Å². The number of benzene rings is 1. The van der Waals surface area contributed by atoms with Crippen LogP contribution in [0.4, 0.5) is 4.39 Å². The van der Waals surface area contributed by atoms with Gasteiger partial charge in [0.15, 0.2) is 0 Å². The van der Waals surface area contributed by atoms with Crippen LogP contribution >= 0.6 is 11.3 Å². The van der Waals surface area contributed by atoms with Crippen molar-refractivity contribution in [2.24, 2.45) is 0 Å². The second kappa shape index (κ2) is 6.64. The zero-order valence-electron chi connectivity index (χ0n) is 9.97. The van der Waals surface area contributed by atoms with E-state index < -0.39 is 6.10 Å². The van der Waals surface area contributed by atoms with Crippen LogP contribution in [-0.4, -0.2) is 18.2 Å². The lowest BCUT2D eigenvalue weighted by Crippen LogP contribution is -2.23. The predicted octanol–water partition coefficient (Wildman–Crippen LogP) is 2.75. The van der Waals surface area contributed by atoms with Crippen LogP contribution in [0.3, 0.4) is 0 Å². The smallest absolute Gasteiger partial charge is 0.123 e. The van der Waals surface area contributed by atoms with Gasteiger partial charge in [-0.2, -0.15) is 0 Å². The fourth-order valence-corrected chi connectivity index (χ4v) is 2.42. The molecular formula is C14H16FNOS. The molecule has 2 N–H and O–H groups in total. The number of halogens is 1. The molecule has 18 heavy (non-hydrogen) atoms. The number of thiophene rings is 1. The Morgan fingerprint density at radius 1 is 1.22 bits per heavy atom. The SMILES string of the molecule is OC(CNCCc1ccc(F)cc1)c1cccs1. The maximum absolute atomic E-state index is 12.7. The molecular weight excluding hydrogens is 249 g/mol. The Morgan fingerprint density at radius 2 is 2.00 bits per heavy atom. The summed E-state index contributed by atoms with van der Waals surface area (Å²) in [5.41, 5.74) is 1.09. The maximum Gasteiger partial charge on any atom is 0.123 e. The van der Waals surface area contributed by atoms with Gasteiger partial charge in [0.1, 0.15) is 11.9 Å². The van der Waals surface area contributed by atoms with Gasteiger partial charge in [0, 0.05) is 11.4 Å². The highest BCUT2D eigenvalue weighted by molar-refractivity contribution is 7.10. The molecule has 0 spiro atoms. The normalized spacial score (nSPS) is 12.6. The first-order valence-corrected chi connectivity index (χ1v) is 6.80. The maximum atomic E-state index is 12.7. The van der Waals surface area contributed by atoms with E-state index in [4.69, 9.17) is 0 Å². The summed E-state index contributed by atoms with van der Waals surface area (Å²) in [5, 5.41) is 15.0. The van der Waals surface area contributed by atoms with Crippen LogP contribution < -0.4 is 5.32 Å². The first-order valence-electron chi connectivity index (χ1n) is 5.92. The van der Waals surface area contributed by atoms with Crippen molar-refractivity contribution in [3.05, 3.63) is 58.0 Å². The first kappa shape index (κ1) is 13.2. The molecule has 96 valence electrons. The van der Waals surface area contributed by atoms with Gasteiger partial charge in [-0.3, -0.25) is 0 Å². The molecule has 2 aromatic rings. The van der Waals surface area contributed by atoms with E-state index in [0.717, 1.165) is 23.4 Å². The van der Waals surface area contributed by atoms with Crippen LogP contribution in [0.15, 0.2) is 41.8 Å². The number of aliphatic hydroxyl groups is 1. The lowest BCUT2D eigenvalue weighted by Gasteiger charge is -2.10. The van der Waals surface area contributed by atoms with Crippen molar-refractivity contribution in [2.75, 3.05) is 13.1 Å². The lowest BCUT2D eigenvalue weighted by molar-refractivity contribution is 0.179. The van der Waals surface area contributed by atoms with Crippen molar-refractivity contribution < 1.29 is 9.50 Å². The van der Waals surface area contributed by atoms with Crippen molar-refractivity contribution in [3.8, 4) is 0 Å². The number of rotatable bonds is 6. The molecule has 0 fully saturated rings. The van der Waals surface area contributed by atoms with E-state index >= 15 is 0 Å². The topological polar surface area (TPSA) is 32.3 Å². The third-order valence-electron chi connectivity index (χ3n) is 2.71. The van der Waals surface area contributed by atoms with Gasteiger partial charge in [-0.25, -0.2) is 4.39 Å². The van der Waals surface area contributed by atoms with E-state index in [9.17, 15) is 9.50 Å². The Balaban J connectivity index is 1.68. The minimum absolute atomic E-state index is 0.208. The molecule has 0 saturated heterocycles. The molecule has 1 heterocycles. The van der Waals surface area contributed by atoms with Crippen LogP contribution in [0.1, 0.15) is 16.5 Å². The Bertz CT molecular complexity index is 455. The second-order valence-electron chi connectivity index (χ2n) is 4.11. The molecule has 0 aliphatic rings. The van der Waals surface area contributed by atoms with Gasteiger partial charge in [0.05, 0.1) is 0 Å². The van der Waals surface area contributed by atoms with E-state index in [-0.39, 0.29) is 5.82 Å². The summed E-state index contributed by atoms with van der Waals surface area (Å²) in [6.45, 7) is 1.32. The highest BCUT2D eigenvalue weighted by Crippen LogP contribution is 2.17. The van der Waals surface area contributed by atoms with Crippen LogP contribution in [0.25, 0.3) is 0 Å². The van der Waals surface area contributed by atoms with Crippen LogP contribution in [0.5, 0.6) is 0 Å². The van der Waals surface area contributed by atoms with Gasteiger partial charge >= 0.3 is 0 Å². The number of hydrogen-bond acceptors (Lipinski definition) is 3. The summed E-state index contributed by atoms with van der Waals surface area (Å²) in [6.07, 6.45) is 0.385. The average Bonchev–Trinajstić information content (AvgIpc) is 2.90. The molecule has 0 aliphatic heterocycles. The summed E-state index contributed by atoms with van der Waals surface area (Å²) < 4.78 is 12.7. The molecule has 2 rings (SSSR count). The van der Waals surface area contributed by atoms with Crippen LogP contribution in [0, 0.1) is 5.82 Å². The zero-order chi connectivity index (χ0) is 12.8. The van der Waals surface area contributed by atoms with Gasteiger partial charge < -0.3 is 10.4 Å². The third-order valence-corrected chi connectivity index (χ3v) is 3.69. The Kier molecular flexibility index (Phi) is 4.87. The highest BCUT2D eigenvalue weighted by Gasteiger charge is 2.07. The summed E-state index contributed by atoms with van der Waals surface area (Å²) in [4.78, 5) is 0.976. The molecule has 0 amide bonds. The van der Waals surface area contributed by atoms with Crippen molar-refractivity contribution >= 4 is 11.3 Å². The second-order valence-corrected chi connectivity index (χ2v) is 5.09. The van der Waals surface area contributed by atoms with E-state index in [1.54, 1.807) is 23.5 Å². The molecule has 0 aliphatic carbocycles. The monoisotopic (exact) mass is 265 g/mol. The third kappa shape index (κ3) is 3.91. The molecule has 1 unspecified atom stereocenters. The molecule has 2 nitrogen and oxygen atoms in total. The first-order chi connectivity index (χ1) is 8.75. The molecule has 1 aromatic heterocycles. The van der Waals surface area contributed by atoms with Crippen molar-refractivity contribution in [3.63, 3.8) is 0 Å². The van der Waals surface area contributed by atoms with Gasteiger partial charge in [0.25, 0.3) is 0 Å². The molecule has 0 saturated carbocycles.